The third kappa shape index (κ3) is 2.41. The Morgan fingerprint density at radius 1 is 1.13 bits per heavy atom. The van der Waals surface area contributed by atoms with Crippen molar-refractivity contribution in [2.24, 2.45) is 23.2 Å². The molecule has 3 aliphatic rings. The van der Waals surface area contributed by atoms with Gasteiger partial charge in [0.15, 0.2) is 0 Å². The molecule has 2 bridgehead atoms. The maximum absolute atomic E-state index is 13.7. The molecule has 1 saturated carbocycles. The number of ether oxygens (including phenoxy) is 1. The minimum absolute atomic E-state index is 0.200. The molecule has 1 N–H and O–H groups in total. The van der Waals surface area contributed by atoms with Crippen LogP contribution >= 0.6 is 0 Å². The first-order valence-corrected chi connectivity index (χ1v) is 10.8. The Hall–Kier alpha value is -1.76. The zero-order valence-electron chi connectivity index (χ0n) is 18.9. The summed E-state index contributed by atoms with van der Waals surface area (Å²) < 4.78 is 5.41. The van der Waals surface area contributed by atoms with Crippen molar-refractivity contribution in [2.75, 3.05) is 7.11 Å². The molecule has 0 aromatic heterocycles. The van der Waals surface area contributed by atoms with Crippen LogP contribution in [0.15, 0.2) is 12.1 Å². The van der Waals surface area contributed by atoms with Gasteiger partial charge in [0.05, 0.1) is 18.6 Å². The Labute approximate surface area is 177 Å². The van der Waals surface area contributed by atoms with E-state index < -0.39 is 34.3 Å². The van der Waals surface area contributed by atoms with E-state index in [0.29, 0.717) is 35.3 Å². The van der Waals surface area contributed by atoms with Crippen LogP contribution in [0.4, 0.5) is 0 Å². The standard InChI is InChI=1S/C24H32O6/c1-12-15-10-11-24(30-29-22(4,5)14(3)19(12)25)16-8-9-17(28-7)13(2)18(16)20(26)21(27)23(15,24)6/h8-9,12,14-15,19,25H,10-11H2,1-7H3/t12-,14-,15+,19-,23-,24-/m0/s1. The molecule has 2 fully saturated rings. The molecule has 1 aliphatic heterocycles. The van der Waals surface area contributed by atoms with Crippen LogP contribution in [0.25, 0.3) is 0 Å². The summed E-state index contributed by atoms with van der Waals surface area (Å²) in [5, 5.41) is 11.1. The number of hydrogen-bond acceptors (Lipinski definition) is 6. The summed E-state index contributed by atoms with van der Waals surface area (Å²) in [7, 11) is 1.55. The molecule has 1 aromatic carbocycles. The highest BCUT2D eigenvalue weighted by atomic mass is 17.2. The SMILES string of the molecule is COc1ccc2c(c1C)C(=O)C(=O)[C@]1(C)[C@@H]3CC[C@]21OOC(C)(C)[C@@H](C)[C@@H](O)[C@H]3C. The minimum Gasteiger partial charge on any atom is -0.496 e. The molecule has 1 saturated heterocycles. The fourth-order valence-corrected chi connectivity index (χ4v) is 6.19. The first kappa shape index (κ1) is 21.5. The van der Waals surface area contributed by atoms with Crippen molar-refractivity contribution in [3.8, 4) is 5.75 Å². The Morgan fingerprint density at radius 3 is 2.43 bits per heavy atom. The van der Waals surface area contributed by atoms with Gasteiger partial charge in [-0.15, -0.1) is 0 Å². The molecule has 4 rings (SSSR count). The molecular weight excluding hydrogens is 384 g/mol. The number of ketones is 2. The largest absolute Gasteiger partial charge is 0.496 e. The van der Waals surface area contributed by atoms with Crippen molar-refractivity contribution in [1.29, 1.82) is 0 Å². The number of aliphatic hydroxyl groups excluding tert-OH is 1. The summed E-state index contributed by atoms with van der Waals surface area (Å²) in [6, 6.07) is 3.66. The highest BCUT2D eigenvalue weighted by Crippen LogP contribution is 2.65. The Kier molecular flexibility index (Phi) is 4.74. The lowest BCUT2D eigenvalue weighted by molar-refractivity contribution is -0.433. The van der Waals surface area contributed by atoms with Crippen molar-refractivity contribution in [1.82, 2.24) is 0 Å². The van der Waals surface area contributed by atoms with E-state index in [-0.39, 0.29) is 17.8 Å². The van der Waals surface area contributed by atoms with Crippen LogP contribution in [0.5, 0.6) is 5.75 Å². The van der Waals surface area contributed by atoms with Crippen LogP contribution in [-0.2, 0) is 20.2 Å². The molecule has 0 radical (unpaired) electrons. The monoisotopic (exact) mass is 416 g/mol. The second kappa shape index (κ2) is 6.62. The van der Waals surface area contributed by atoms with Crippen LogP contribution in [0.2, 0.25) is 0 Å². The van der Waals surface area contributed by atoms with Crippen molar-refractivity contribution in [3.05, 3.63) is 28.8 Å². The van der Waals surface area contributed by atoms with Crippen molar-refractivity contribution >= 4 is 11.6 Å². The van der Waals surface area contributed by atoms with Crippen molar-refractivity contribution in [2.45, 2.75) is 71.7 Å². The first-order valence-electron chi connectivity index (χ1n) is 10.8. The Morgan fingerprint density at radius 2 is 1.80 bits per heavy atom. The fraction of sp³-hybridized carbons (Fsp3) is 0.667. The highest BCUT2D eigenvalue weighted by Gasteiger charge is 2.71. The molecule has 164 valence electrons. The average molecular weight is 417 g/mol. The normalized spacial score (nSPS) is 40.1. The van der Waals surface area contributed by atoms with Gasteiger partial charge < -0.3 is 9.84 Å². The molecule has 30 heavy (non-hydrogen) atoms. The lowest BCUT2D eigenvalue weighted by Gasteiger charge is -2.48. The van der Waals surface area contributed by atoms with Gasteiger partial charge in [-0.1, -0.05) is 19.9 Å². The number of carbonyl (C=O) groups excluding carboxylic acids is 2. The summed E-state index contributed by atoms with van der Waals surface area (Å²) in [6.45, 7) is 11.3. The maximum atomic E-state index is 13.7. The molecule has 1 heterocycles. The van der Waals surface area contributed by atoms with E-state index in [9.17, 15) is 14.7 Å². The van der Waals surface area contributed by atoms with Crippen molar-refractivity contribution in [3.63, 3.8) is 0 Å². The van der Waals surface area contributed by atoms with Crippen LogP contribution < -0.4 is 4.74 Å². The number of benzene rings is 1. The van der Waals surface area contributed by atoms with E-state index in [1.165, 1.54) is 0 Å². The van der Waals surface area contributed by atoms with Gasteiger partial charge in [0.25, 0.3) is 0 Å². The van der Waals surface area contributed by atoms with Gasteiger partial charge in [-0.3, -0.25) is 9.59 Å². The number of carbonyl (C=O) groups is 2. The summed E-state index contributed by atoms with van der Waals surface area (Å²) in [4.78, 5) is 39.4. The molecule has 6 heteroatoms. The Balaban J connectivity index is 2.02. The van der Waals surface area contributed by atoms with Gasteiger partial charge in [-0.25, -0.2) is 9.78 Å². The first-order chi connectivity index (χ1) is 13.9. The van der Waals surface area contributed by atoms with Gasteiger partial charge in [0.2, 0.25) is 11.6 Å². The second-order valence-corrected chi connectivity index (χ2v) is 10.1. The van der Waals surface area contributed by atoms with Gasteiger partial charge in [0, 0.05) is 17.0 Å². The molecule has 6 atom stereocenters. The highest BCUT2D eigenvalue weighted by molar-refractivity contribution is 6.47. The number of Topliss-reactive ketones (excluding diaryl/α,β-unsaturated/α-hetero) is 2. The molecule has 6 nitrogen and oxygen atoms in total. The summed E-state index contributed by atoms with van der Waals surface area (Å²) in [5.74, 6) is -1.05. The number of fused-ring (bicyclic) bond motifs is 1. The maximum Gasteiger partial charge on any atom is 0.230 e. The number of methoxy groups -OCH3 is 1. The quantitative estimate of drug-likeness (QED) is 0.555. The predicted molar refractivity (Wildman–Crippen MR) is 110 cm³/mol. The topological polar surface area (TPSA) is 82.1 Å². The van der Waals surface area contributed by atoms with E-state index >= 15 is 0 Å². The molecular formula is C24H32O6. The second-order valence-electron chi connectivity index (χ2n) is 10.1. The van der Waals surface area contributed by atoms with E-state index in [0.717, 1.165) is 0 Å². The zero-order valence-corrected chi connectivity index (χ0v) is 18.9. The number of aliphatic hydroxyl groups is 1. The lowest BCUT2D eigenvalue weighted by Crippen LogP contribution is -2.57. The number of hydrogen-bond donors (Lipinski definition) is 1. The summed E-state index contributed by atoms with van der Waals surface area (Å²) in [6.07, 6.45) is 0.503. The fourth-order valence-electron chi connectivity index (χ4n) is 6.19. The van der Waals surface area contributed by atoms with E-state index in [1.54, 1.807) is 14.0 Å². The molecule has 1 aromatic rings. The minimum atomic E-state index is -1.13. The molecule has 0 spiro atoms. The Bertz CT molecular complexity index is 921. The van der Waals surface area contributed by atoms with Crippen LogP contribution in [0.1, 0.15) is 68.9 Å². The van der Waals surface area contributed by atoms with Gasteiger partial charge in [-0.05, 0) is 64.0 Å². The average Bonchev–Trinajstić information content (AvgIpc) is 3.03. The van der Waals surface area contributed by atoms with Crippen LogP contribution in [-0.4, -0.2) is 35.5 Å². The lowest BCUT2D eigenvalue weighted by atomic mass is 9.56. The number of rotatable bonds is 1. The van der Waals surface area contributed by atoms with E-state index in [2.05, 4.69) is 0 Å². The van der Waals surface area contributed by atoms with Gasteiger partial charge in [0.1, 0.15) is 17.0 Å². The summed E-state index contributed by atoms with van der Waals surface area (Å²) in [5.41, 5.74) is -1.32. The molecule has 0 unspecified atom stereocenters. The van der Waals surface area contributed by atoms with Crippen LogP contribution in [0, 0.1) is 30.1 Å². The van der Waals surface area contributed by atoms with Gasteiger partial charge >= 0.3 is 0 Å². The van der Waals surface area contributed by atoms with E-state index in [4.69, 9.17) is 14.5 Å². The van der Waals surface area contributed by atoms with Gasteiger partial charge in [-0.2, -0.15) is 0 Å². The molecule has 2 aliphatic carbocycles. The van der Waals surface area contributed by atoms with Crippen LogP contribution in [0.3, 0.4) is 0 Å². The van der Waals surface area contributed by atoms with Crippen molar-refractivity contribution < 1.29 is 29.2 Å². The summed E-state index contributed by atoms with van der Waals surface area (Å²) >= 11 is 0. The third-order valence-corrected chi connectivity index (χ3v) is 8.54. The predicted octanol–water partition coefficient (Wildman–Crippen LogP) is 3.75. The molecule has 0 amide bonds. The van der Waals surface area contributed by atoms with E-state index in [1.807, 2.05) is 46.8 Å². The smallest absolute Gasteiger partial charge is 0.230 e. The zero-order chi connectivity index (χ0) is 22.2. The third-order valence-electron chi connectivity index (χ3n) is 8.54.